The van der Waals surface area contributed by atoms with E-state index in [1.54, 1.807) is 30.3 Å². The van der Waals surface area contributed by atoms with Crippen LogP contribution in [0.4, 0.5) is 10.1 Å². The van der Waals surface area contributed by atoms with E-state index in [0.717, 1.165) is 10.3 Å². The molecular weight excluding hydrogens is 327 g/mol. The number of benzene rings is 2. The summed E-state index contributed by atoms with van der Waals surface area (Å²) < 4.78 is 14.4. The lowest BCUT2D eigenvalue weighted by Crippen LogP contribution is -2.21. The quantitative estimate of drug-likeness (QED) is 0.755. The molecule has 4 nitrogen and oxygen atoms in total. The predicted octanol–water partition coefficient (Wildman–Crippen LogP) is 3.93. The van der Waals surface area contributed by atoms with Gasteiger partial charge in [-0.15, -0.1) is 11.3 Å². The Morgan fingerprint density at radius 1 is 1.12 bits per heavy atom. The maximum Gasteiger partial charge on any atom is 0.261 e. The molecule has 2 amide bonds. The first kappa shape index (κ1) is 16.1. The highest BCUT2D eigenvalue weighted by Gasteiger charge is 2.12. The summed E-state index contributed by atoms with van der Waals surface area (Å²) >= 11 is 1.26. The highest BCUT2D eigenvalue weighted by atomic mass is 32.1. The van der Waals surface area contributed by atoms with Crippen LogP contribution in [0.2, 0.25) is 0 Å². The zero-order valence-electron chi connectivity index (χ0n) is 12.9. The Morgan fingerprint density at radius 2 is 1.92 bits per heavy atom. The molecule has 24 heavy (non-hydrogen) atoms. The summed E-state index contributed by atoms with van der Waals surface area (Å²) in [5.74, 6) is -0.727. The Kier molecular flexibility index (Phi) is 4.57. The molecule has 2 aromatic carbocycles. The number of rotatable bonds is 4. The smallest absolute Gasteiger partial charge is 0.261 e. The SMILES string of the molecule is CC(=O)Nc1cccc(CNC(=O)c2cc3c(F)cccc3s2)c1. The summed E-state index contributed by atoms with van der Waals surface area (Å²) in [6, 6.07) is 13.6. The van der Waals surface area contributed by atoms with Crippen molar-refractivity contribution in [3.05, 3.63) is 64.8 Å². The normalized spacial score (nSPS) is 10.6. The second-order valence-electron chi connectivity index (χ2n) is 5.33. The minimum Gasteiger partial charge on any atom is -0.347 e. The number of nitrogens with one attached hydrogen (secondary N) is 2. The second-order valence-corrected chi connectivity index (χ2v) is 6.41. The predicted molar refractivity (Wildman–Crippen MR) is 93.7 cm³/mol. The molecule has 2 N–H and O–H groups in total. The number of hydrogen-bond acceptors (Lipinski definition) is 3. The van der Waals surface area contributed by atoms with E-state index in [2.05, 4.69) is 10.6 Å². The molecule has 122 valence electrons. The Balaban J connectivity index is 1.70. The van der Waals surface area contributed by atoms with Crippen molar-refractivity contribution < 1.29 is 14.0 Å². The molecular formula is C18H15FN2O2S. The highest BCUT2D eigenvalue weighted by Crippen LogP contribution is 2.27. The van der Waals surface area contributed by atoms with Crippen molar-refractivity contribution in [2.24, 2.45) is 0 Å². The summed E-state index contributed by atoms with van der Waals surface area (Å²) in [5.41, 5.74) is 1.54. The monoisotopic (exact) mass is 342 g/mol. The fourth-order valence-electron chi connectivity index (χ4n) is 2.37. The van der Waals surface area contributed by atoms with Crippen molar-refractivity contribution in [2.45, 2.75) is 13.5 Å². The van der Waals surface area contributed by atoms with Gasteiger partial charge in [-0.05, 0) is 35.9 Å². The van der Waals surface area contributed by atoms with Crippen LogP contribution < -0.4 is 10.6 Å². The van der Waals surface area contributed by atoms with Crippen molar-refractivity contribution in [3.8, 4) is 0 Å². The lowest BCUT2D eigenvalue weighted by atomic mass is 10.2. The molecule has 3 rings (SSSR count). The largest absolute Gasteiger partial charge is 0.347 e. The molecule has 0 bridgehead atoms. The van der Waals surface area contributed by atoms with Gasteiger partial charge in [-0.2, -0.15) is 0 Å². The first-order chi connectivity index (χ1) is 11.5. The maximum absolute atomic E-state index is 13.7. The number of amides is 2. The van der Waals surface area contributed by atoms with E-state index >= 15 is 0 Å². The van der Waals surface area contributed by atoms with Crippen LogP contribution in [-0.4, -0.2) is 11.8 Å². The number of fused-ring (bicyclic) bond motifs is 1. The third-order valence-electron chi connectivity index (χ3n) is 3.43. The minimum atomic E-state index is -0.328. The van der Waals surface area contributed by atoms with Crippen molar-refractivity contribution >= 4 is 38.9 Å². The molecule has 0 saturated carbocycles. The van der Waals surface area contributed by atoms with Crippen LogP contribution in [0.15, 0.2) is 48.5 Å². The molecule has 3 aromatic rings. The van der Waals surface area contributed by atoms with Crippen molar-refractivity contribution in [2.75, 3.05) is 5.32 Å². The zero-order valence-corrected chi connectivity index (χ0v) is 13.7. The molecule has 0 aliphatic carbocycles. The van der Waals surface area contributed by atoms with Crippen LogP contribution in [-0.2, 0) is 11.3 Å². The molecule has 0 saturated heterocycles. The van der Waals surface area contributed by atoms with Gasteiger partial charge < -0.3 is 10.6 Å². The summed E-state index contributed by atoms with van der Waals surface area (Å²) in [5, 5.41) is 5.97. The Bertz CT molecular complexity index is 920. The summed E-state index contributed by atoms with van der Waals surface area (Å²) in [7, 11) is 0. The van der Waals surface area contributed by atoms with Gasteiger partial charge in [-0.3, -0.25) is 9.59 Å². The third kappa shape index (κ3) is 3.60. The first-order valence-corrected chi connectivity index (χ1v) is 8.17. The molecule has 0 aliphatic rings. The van der Waals surface area contributed by atoms with Gasteiger partial charge in [-0.1, -0.05) is 18.2 Å². The zero-order chi connectivity index (χ0) is 17.1. The summed E-state index contributed by atoms with van der Waals surface area (Å²) in [4.78, 5) is 23.8. The number of halogens is 1. The van der Waals surface area contributed by atoms with Gasteiger partial charge in [-0.25, -0.2) is 4.39 Å². The van der Waals surface area contributed by atoms with E-state index in [0.29, 0.717) is 22.5 Å². The summed E-state index contributed by atoms with van der Waals surface area (Å²) in [6.07, 6.45) is 0. The fraction of sp³-hybridized carbons (Fsp3) is 0.111. The van der Waals surface area contributed by atoms with E-state index in [4.69, 9.17) is 0 Å². The number of thiophene rings is 1. The van der Waals surface area contributed by atoms with Gasteiger partial charge >= 0.3 is 0 Å². The van der Waals surface area contributed by atoms with E-state index in [1.807, 2.05) is 12.1 Å². The lowest BCUT2D eigenvalue weighted by molar-refractivity contribution is -0.114. The molecule has 1 heterocycles. The molecule has 0 spiro atoms. The van der Waals surface area contributed by atoms with Crippen molar-refractivity contribution in [3.63, 3.8) is 0 Å². The lowest BCUT2D eigenvalue weighted by Gasteiger charge is -2.07. The van der Waals surface area contributed by atoms with Gasteiger partial charge in [0.2, 0.25) is 5.91 Å². The first-order valence-electron chi connectivity index (χ1n) is 7.36. The van der Waals surface area contributed by atoms with Gasteiger partial charge in [0.05, 0.1) is 4.88 Å². The molecule has 0 unspecified atom stereocenters. The molecule has 1 aromatic heterocycles. The number of anilines is 1. The van der Waals surface area contributed by atoms with Gasteiger partial charge in [0, 0.05) is 29.2 Å². The van der Waals surface area contributed by atoms with Crippen molar-refractivity contribution in [1.82, 2.24) is 5.32 Å². The number of carbonyl (C=O) groups excluding carboxylic acids is 2. The van der Waals surface area contributed by atoms with Gasteiger partial charge in [0.1, 0.15) is 5.82 Å². The van der Waals surface area contributed by atoms with Gasteiger partial charge in [0.15, 0.2) is 0 Å². The van der Waals surface area contributed by atoms with E-state index in [-0.39, 0.29) is 17.6 Å². The van der Waals surface area contributed by atoms with Crippen molar-refractivity contribution in [1.29, 1.82) is 0 Å². The van der Waals surface area contributed by atoms with Crippen LogP contribution in [0, 0.1) is 5.82 Å². The topological polar surface area (TPSA) is 58.2 Å². The maximum atomic E-state index is 13.7. The number of hydrogen-bond donors (Lipinski definition) is 2. The van der Waals surface area contributed by atoms with Crippen LogP contribution in [0.5, 0.6) is 0 Å². The fourth-order valence-corrected chi connectivity index (χ4v) is 3.36. The van der Waals surface area contributed by atoms with Crippen LogP contribution in [0.3, 0.4) is 0 Å². The minimum absolute atomic E-state index is 0.150. The number of carbonyl (C=O) groups is 2. The standard InChI is InChI=1S/C18H15FN2O2S/c1-11(22)21-13-5-2-4-12(8-13)10-20-18(23)17-9-14-15(19)6-3-7-16(14)24-17/h2-9H,10H2,1H3,(H,20,23)(H,21,22). The van der Waals surface area contributed by atoms with Crippen LogP contribution in [0.1, 0.15) is 22.2 Å². The Morgan fingerprint density at radius 3 is 2.67 bits per heavy atom. The Hall–Kier alpha value is -2.73. The summed E-state index contributed by atoms with van der Waals surface area (Å²) in [6.45, 7) is 1.76. The molecule has 0 aliphatic heterocycles. The third-order valence-corrected chi connectivity index (χ3v) is 4.53. The van der Waals surface area contributed by atoms with E-state index in [1.165, 1.54) is 24.3 Å². The second kappa shape index (κ2) is 6.80. The average Bonchev–Trinajstić information content (AvgIpc) is 2.98. The molecule has 6 heteroatoms. The Labute approximate surface area is 142 Å². The molecule has 0 radical (unpaired) electrons. The van der Waals surface area contributed by atoms with Crippen LogP contribution >= 0.6 is 11.3 Å². The molecule has 0 fully saturated rings. The molecule has 0 atom stereocenters. The highest BCUT2D eigenvalue weighted by molar-refractivity contribution is 7.20. The van der Waals surface area contributed by atoms with E-state index < -0.39 is 0 Å². The van der Waals surface area contributed by atoms with E-state index in [9.17, 15) is 14.0 Å². The average molecular weight is 342 g/mol. The van der Waals surface area contributed by atoms with Gasteiger partial charge in [0.25, 0.3) is 5.91 Å². The van der Waals surface area contributed by atoms with Crippen LogP contribution in [0.25, 0.3) is 10.1 Å².